The molecule has 0 aliphatic carbocycles. The lowest BCUT2D eigenvalue weighted by molar-refractivity contribution is 0.218. The molecule has 0 amide bonds. The molecule has 0 unspecified atom stereocenters. The van der Waals surface area contributed by atoms with Crippen molar-refractivity contribution in [2.24, 2.45) is 0 Å². The standard InChI is InChI=1S/C12H18O5S/c1-10(13)9-18(14,15)8-7-17-12-5-3-11(16-2)4-6-12/h3-6,10,13H,7-9H2,1-2H3/t10-/m0/s1. The summed E-state index contributed by atoms with van der Waals surface area (Å²) in [6.07, 6.45) is -0.851. The first kappa shape index (κ1) is 14.8. The third-order valence-corrected chi connectivity index (χ3v) is 4.00. The molecule has 1 aromatic rings. The molecule has 102 valence electrons. The van der Waals surface area contributed by atoms with Crippen LogP contribution >= 0.6 is 0 Å². The molecular weight excluding hydrogens is 256 g/mol. The Morgan fingerprint density at radius 3 is 2.28 bits per heavy atom. The number of ether oxygens (including phenoxy) is 2. The molecular formula is C12H18O5S. The van der Waals surface area contributed by atoms with Gasteiger partial charge in [0.15, 0.2) is 9.84 Å². The number of hydrogen-bond donors (Lipinski definition) is 1. The van der Waals surface area contributed by atoms with Crippen molar-refractivity contribution in [3.8, 4) is 11.5 Å². The Kier molecular flexibility index (Phi) is 5.43. The number of hydrogen-bond acceptors (Lipinski definition) is 5. The molecule has 0 aliphatic heterocycles. The van der Waals surface area contributed by atoms with E-state index in [1.807, 2.05) is 0 Å². The van der Waals surface area contributed by atoms with E-state index < -0.39 is 15.9 Å². The van der Waals surface area contributed by atoms with Gasteiger partial charge in [-0.2, -0.15) is 0 Å². The molecule has 1 atom stereocenters. The Morgan fingerprint density at radius 1 is 1.22 bits per heavy atom. The second-order valence-electron chi connectivity index (χ2n) is 3.99. The van der Waals surface area contributed by atoms with Crippen molar-refractivity contribution in [3.63, 3.8) is 0 Å². The van der Waals surface area contributed by atoms with Crippen LogP contribution in [0.5, 0.6) is 11.5 Å². The van der Waals surface area contributed by atoms with Crippen molar-refractivity contribution in [2.75, 3.05) is 25.2 Å². The van der Waals surface area contributed by atoms with E-state index in [1.165, 1.54) is 6.92 Å². The summed E-state index contributed by atoms with van der Waals surface area (Å²) in [5.41, 5.74) is 0. The third kappa shape index (κ3) is 5.37. The summed E-state index contributed by atoms with van der Waals surface area (Å²) in [4.78, 5) is 0. The Hall–Kier alpha value is -1.27. The predicted molar refractivity (Wildman–Crippen MR) is 68.8 cm³/mol. The van der Waals surface area contributed by atoms with Gasteiger partial charge in [0.2, 0.25) is 0 Å². The second-order valence-corrected chi connectivity index (χ2v) is 6.22. The van der Waals surface area contributed by atoms with Gasteiger partial charge in [-0.25, -0.2) is 8.42 Å². The lowest BCUT2D eigenvalue weighted by Gasteiger charge is -2.08. The van der Waals surface area contributed by atoms with Crippen LogP contribution in [0.4, 0.5) is 0 Å². The van der Waals surface area contributed by atoms with Crippen molar-refractivity contribution in [1.29, 1.82) is 0 Å². The predicted octanol–water partition coefficient (Wildman–Crippen LogP) is 0.870. The topological polar surface area (TPSA) is 72.8 Å². The monoisotopic (exact) mass is 274 g/mol. The Morgan fingerprint density at radius 2 is 1.78 bits per heavy atom. The SMILES string of the molecule is COc1ccc(OCCS(=O)(=O)C[C@H](C)O)cc1. The molecule has 0 aliphatic rings. The fraction of sp³-hybridized carbons (Fsp3) is 0.500. The van der Waals surface area contributed by atoms with E-state index in [1.54, 1.807) is 31.4 Å². The quantitative estimate of drug-likeness (QED) is 0.798. The summed E-state index contributed by atoms with van der Waals surface area (Å²) >= 11 is 0. The van der Waals surface area contributed by atoms with Gasteiger partial charge in [-0.15, -0.1) is 0 Å². The van der Waals surface area contributed by atoms with E-state index in [9.17, 15) is 8.42 Å². The van der Waals surface area contributed by atoms with Gasteiger partial charge in [-0.05, 0) is 31.2 Å². The van der Waals surface area contributed by atoms with E-state index in [-0.39, 0.29) is 18.1 Å². The number of methoxy groups -OCH3 is 1. The molecule has 1 aromatic carbocycles. The molecule has 1 N–H and O–H groups in total. The number of benzene rings is 1. The number of rotatable bonds is 7. The van der Waals surface area contributed by atoms with Gasteiger partial charge >= 0.3 is 0 Å². The van der Waals surface area contributed by atoms with Gasteiger partial charge in [0.05, 0.1) is 24.7 Å². The van der Waals surface area contributed by atoms with Crippen LogP contribution in [0.15, 0.2) is 24.3 Å². The summed E-state index contributed by atoms with van der Waals surface area (Å²) in [6.45, 7) is 1.52. The Labute approximate surface area is 107 Å². The molecule has 0 saturated carbocycles. The number of sulfone groups is 1. The summed E-state index contributed by atoms with van der Waals surface area (Å²) in [5.74, 6) is 0.954. The number of aliphatic hydroxyl groups excluding tert-OH is 1. The number of aliphatic hydroxyl groups is 1. The zero-order valence-corrected chi connectivity index (χ0v) is 11.3. The smallest absolute Gasteiger partial charge is 0.156 e. The van der Waals surface area contributed by atoms with Gasteiger partial charge < -0.3 is 14.6 Å². The van der Waals surface area contributed by atoms with Crippen molar-refractivity contribution in [1.82, 2.24) is 0 Å². The highest BCUT2D eigenvalue weighted by atomic mass is 32.2. The van der Waals surface area contributed by atoms with Crippen LogP contribution in [-0.2, 0) is 9.84 Å². The third-order valence-electron chi connectivity index (χ3n) is 2.22. The van der Waals surface area contributed by atoms with Crippen molar-refractivity contribution < 1.29 is 23.0 Å². The molecule has 0 fully saturated rings. The summed E-state index contributed by atoms with van der Waals surface area (Å²) in [7, 11) is -1.70. The van der Waals surface area contributed by atoms with Gasteiger partial charge in [-0.1, -0.05) is 0 Å². The highest BCUT2D eigenvalue weighted by molar-refractivity contribution is 7.91. The zero-order chi connectivity index (χ0) is 13.6. The van der Waals surface area contributed by atoms with E-state index in [0.29, 0.717) is 11.5 Å². The lowest BCUT2D eigenvalue weighted by Crippen LogP contribution is -2.23. The van der Waals surface area contributed by atoms with Crippen LogP contribution in [0, 0.1) is 0 Å². The van der Waals surface area contributed by atoms with E-state index >= 15 is 0 Å². The van der Waals surface area contributed by atoms with E-state index in [0.717, 1.165) is 0 Å². The van der Waals surface area contributed by atoms with Gasteiger partial charge in [-0.3, -0.25) is 0 Å². The maximum atomic E-state index is 11.5. The van der Waals surface area contributed by atoms with Gasteiger partial charge in [0.1, 0.15) is 18.1 Å². The van der Waals surface area contributed by atoms with Crippen LogP contribution < -0.4 is 9.47 Å². The minimum atomic E-state index is -3.26. The molecule has 5 nitrogen and oxygen atoms in total. The zero-order valence-electron chi connectivity index (χ0n) is 10.5. The fourth-order valence-electron chi connectivity index (χ4n) is 1.41. The summed E-state index contributed by atoms with van der Waals surface area (Å²) in [6, 6.07) is 6.89. The molecule has 0 heterocycles. The molecule has 18 heavy (non-hydrogen) atoms. The van der Waals surface area contributed by atoms with Crippen molar-refractivity contribution >= 4 is 9.84 Å². The molecule has 6 heteroatoms. The summed E-state index contributed by atoms with van der Waals surface area (Å²) in [5, 5.41) is 9.03. The molecule has 0 saturated heterocycles. The van der Waals surface area contributed by atoms with Gasteiger partial charge in [0.25, 0.3) is 0 Å². The van der Waals surface area contributed by atoms with Crippen LogP contribution in [0.2, 0.25) is 0 Å². The normalized spacial score (nSPS) is 13.1. The fourth-order valence-corrected chi connectivity index (χ4v) is 2.65. The molecule has 0 aromatic heterocycles. The highest BCUT2D eigenvalue weighted by Crippen LogP contribution is 2.16. The molecule has 0 spiro atoms. The van der Waals surface area contributed by atoms with Crippen LogP contribution in [0.3, 0.4) is 0 Å². The largest absolute Gasteiger partial charge is 0.497 e. The van der Waals surface area contributed by atoms with E-state index in [4.69, 9.17) is 14.6 Å². The first-order valence-corrected chi connectivity index (χ1v) is 7.40. The highest BCUT2D eigenvalue weighted by Gasteiger charge is 2.14. The minimum Gasteiger partial charge on any atom is -0.497 e. The maximum Gasteiger partial charge on any atom is 0.156 e. The lowest BCUT2D eigenvalue weighted by atomic mass is 10.3. The second kappa shape index (κ2) is 6.61. The average Bonchev–Trinajstić information content (AvgIpc) is 2.28. The minimum absolute atomic E-state index is 0.0708. The molecule has 1 rings (SSSR count). The van der Waals surface area contributed by atoms with Crippen molar-refractivity contribution in [2.45, 2.75) is 13.0 Å². The van der Waals surface area contributed by atoms with Crippen molar-refractivity contribution in [3.05, 3.63) is 24.3 Å². The van der Waals surface area contributed by atoms with Crippen LogP contribution in [0.25, 0.3) is 0 Å². The Bertz CT molecular complexity index is 450. The molecule has 0 bridgehead atoms. The average molecular weight is 274 g/mol. The Balaban J connectivity index is 2.41. The van der Waals surface area contributed by atoms with E-state index in [2.05, 4.69) is 0 Å². The van der Waals surface area contributed by atoms with Crippen LogP contribution in [0.1, 0.15) is 6.92 Å². The van der Waals surface area contributed by atoms with Gasteiger partial charge in [0, 0.05) is 0 Å². The summed E-state index contributed by atoms with van der Waals surface area (Å²) < 4.78 is 33.2. The molecule has 0 radical (unpaired) electrons. The maximum absolute atomic E-state index is 11.5. The first-order chi connectivity index (χ1) is 8.43. The first-order valence-electron chi connectivity index (χ1n) is 5.58. The van der Waals surface area contributed by atoms with Crippen LogP contribution in [-0.4, -0.2) is 44.9 Å².